The Morgan fingerprint density at radius 3 is 2.43 bits per heavy atom. The second-order valence-corrected chi connectivity index (χ2v) is 1.41. The Labute approximate surface area is 49.4 Å². The van der Waals surface area contributed by atoms with Gasteiger partial charge in [0, 0.05) is 12.7 Å². The zero-order valence-electron chi connectivity index (χ0n) is 4.00. The summed E-state index contributed by atoms with van der Waals surface area (Å²) in [5.41, 5.74) is 0. The molecule has 0 amide bonds. The lowest BCUT2D eigenvalue weighted by Gasteiger charge is -2.02. The summed E-state index contributed by atoms with van der Waals surface area (Å²) in [6.45, 7) is 0.986. The maximum absolute atomic E-state index is 5.28. The van der Waals surface area contributed by atoms with Crippen molar-refractivity contribution in [3.63, 3.8) is 0 Å². The van der Waals surface area contributed by atoms with Crippen LogP contribution >= 0.6 is 12.4 Å². The summed E-state index contributed by atoms with van der Waals surface area (Å²) in [6, 6.07) is 0. The van der Waals surface area contributed by atoms with E-state index in [2.05, 4.69) is 6.08 Å². The maximum atomic E-state index is 5.28. The van der Waals surface area contributed by atoms with E-state index < -0.39 is 0 Å². The quantitative estimate of drug-likeness (QED) is 0.472. The van der Waals surface area contributed by atoms with Crippen LogP contribution in [0.25, 0.3) is 0 Å². The van der Waals surface area contributed by atoms with Crippen LogP contribution in [0.1, 0.15) is 6.42 Å². The molecule has 0 aliphatic carbocycles. The van der Waals surface area contributed by atoms with E-state index in [1.807, 2.05) is 6.20 Å². The number of nitrogens with zero attached hydrogens (tertiary/aromatic N) is 1. The minimum absolute atomic E-state index is 0. The maximum Gasteiger partial charge on any atom is 0.0370 e. The molecule has 2 nitrogen and oxygen atoms in total. The van der Waals surface area contributed by atoms with E-state index in [0.29, 0.717) is 0 Å². The van der Waals surface area contributed by atoms with Crippen LogP contribution in [0.3, 0.4) is 0 Å². The number of hydrogen-bond acceptors (Lipinski definition) is 2. The summed E-state index contributed by atoms with van der Waals surface area (Å²) >= 11 is 0. The highest BCUT2D eigenvalue weighted by atomic mass is 35.5. The molecule has 3 heteroatoms. The number of hydrazine groups is 1. The number of nitrogens with two attached hydrogens (primary N) is 1. The third kappa shape index (κ3) is 1.80. The fourth-order valence-corrected chi connectivity index (χ4v) is 0.508. The van der Waals surface area contributed by atoms with Crippen LogP contribution in [0, 0.1) is 0 Å². The van der Waals surface area contributed by atoms with Crippen LogP contribution < -0.4 is 5.84 Å². The van der Waals surface area contributed by atoms with Crippen molar-refractivity contribution in [3.05, 3.63) is 12.3 Å². The monoisotopic (exact) mass is 120 g/mol. The highest BCUT2D eigenvalue weighted by molar-refractivity contribution is 5.85. The van der Waals surface area contributed by atoms with Crippen LogP contribution in [-0.4, -0.2) is 11.6 Å². The molecule has 0 radical (unpaired) electrons. The van der Waals surface area contributed by atoms with Gasteiger partial charge in [-0.25, -0.2) is 5.84 Å². The lowest BCUT2D eigenvalue weighted by molar-refractivity contribution is 0.428. The molecule has 0 fully saturated rings. The molecular formula is C4H9ClN2. The molecule has 0 unspecified atom stereocenters. The normalized spacial score (nSPS) is 17.0. The van der Waals surface area contributed by atoms with Crippen molar-refractivity contribution in [2.45, 2.75) is 6.42 Å². The van der Waals surface area contributed by atoms with Crippen molar-refractivity contribution in [3.8, 4) is 0 Å². The van der Waals surface area contributed by atoms with Gasteiger partial charge in [-0.2, -0.15) is 0 Å². The molecule has 0 bridgehead atoms. The van der Waals surface area contributed by atoms with E-state index in [-0.39, 0.29) is 12.4 Å². The van der Waals surface area contributed by atoms with Gasteiger partial charge in [-0.15, -0.1) is 12.4 Å². The fourth-order valence-electron chi connectivity index (χ4n) is 0.508. The van der Waals surface area contributed by atoms with Crippen molar-refractivity contribution in [1.82, 2.24) is 5.01 Å². The van der Waals surface area contributed by atoms with E-state index in [1.165, 1.54) is 0 Å². The Morgan fingerprint density at radius 2 is 2.29 bits per heavy atom. The summed E-state index contributed by atoms with van der Waals surface area (Å²) < 4.78 is 0. The van der Waals surface area contributed by atoms with E-state index in [4.69, 9.17) is 5.84 Å². The molecule has 0 aromatic carbocycles. The Balaban J connectivity index is 0.000000360. The fraction of sp³-hybridized carbons (Fsp3) is 0.500. The summed E-state index contributed by atoms with van der Waals surface area (Å²) in [5.74, 6) is 5.28. The van der Waals surface area contributed by atoms with Gasteiger partial charge in [-0.05, 0) is 6.42 Å². The smallest absolute Gasteiger partial charge is 0.0370 e. The molecule has 1 aliphatic heterocycles. The molecular weight excluding hydrogens is 112 g/mol. The lowest BCUT2D eigenvalue weighted by Crippen LogP contribution is -2.21. The predicted octanol–water partition coefficient (Wildman–Crippen LogP) is 0.501. The Hall–Kier alpha value is -0.210. The van der Waals surface area contributed by atoms with Crippen molar-refractivity contribution in [2.24, 2.45) is 5.84 Å². The van der Waals surface area contributed by atoms with Gasteiger partial charge in [0.2, 0.25) is 0 Å². The molecule has 42 valence electrons. The van der Waals surface area contributed by atoms with E-state index in [1.54, 1.807) is 5.01 Å². The number of halogens is 1. The topological polar surface area (TPSA) is 29.3 Å². The van der Waals surface area contributed by atoms with Gasteiger partial charge in [0.1, 0.15) is 0 Å². The highest BCUT2D eigenvalue weighted by Crippen LogP contribution is 1.94. The van der Waals surface area contributed by atoms with Crippen molar-refractivity contribution < 1.29 is 0 Å². The van der Waals surface area contributed by atoms with Crippen molar-refractivity contribution >= 4 is 12.4 Å². The van der Waals surface area contributed by atoms with Gasteiger partial charge in [-0.3, -0.25) is 0 Å². The molecule has 0 atom stereocenters. The molecule has 1 rings (SSSR count). The predicted molar refractivity (Wildman–Crippen MR) is 31.9 cm³/mol. The molecule has 7 heavy (non-hydrogen) atoms. The first-order valence-corrected chi connectivity index (χ1v) is 2.07. The van der Waals surface area contributed by atoms with Crippen molar-refractivity contribution in [1.29, 1.82) is 0 Å². The second-order valence-electron chi connectivity index (χ2n) is 1.41. The molecule has 0 aromatic heterocycles. The largest absolute Gasteiger partial charge is 0.318 e. The Kier molecular flexibility index (Phi) is 2.79. The number of hydrogen-bond donors (Lipinski definition) is 1. The van der Waals surface area contributed by atoms with Crippen molar-refractivity contribution in [2.75, 3.05) is 6.54 Å². The lowest BCUT2D eigenvalue weighted by atomic mass is 10.5. The zero-order chi connectivity index (χ0) is 4.41. The zero-order valence-corrected chi connectivity index (χ0v) is 4.82. The Morgan fingerprint density at radius 1 is 1.57 bits per heavy atom. The molecule has 0 spiro atoms. The Bertz CT molecular complexity index is 72.1. The molecule has 0 saturated heterocycles. The van der Waals surface area contributed by atoms with Gasteiger partial charge < -0.3 is 5.01 Å². The summed E-state index contributed by atoms with van der Waals surface area (Å²) in [5, 5.41) is 1.68. The van der Waals surface area contributed by atoms with Gasteiger partial charge in [0.25, 0.3) is 0 Å². The van der Waals surface area contributed by atoms with Crippen LogP contribution in [-0.2, 0) is 0 Å². The molecule has 1 aliphatic rings. The first-order chi connectivity index (χ1) is 2.89. The van der Waals surface area contributed by atoms with E-state index >= 15 is 0 Å². The van der Waals surface area contributed by atoms with Crippen LogP contribution in [0.4, 0.5) is 0 Å². The SMILES string of the molecule is Cl.NN1C=CCC1. The van der Waals surface area contributed by atoms with Gasteiger partial charge in [-0.1, -0.05) is 6.08 Å². The van der Waals surface area contributed by atoms with Crippen LogP contribution in [0.2, 0.25) is 0 Å². The van der Waals surface area contributed by atoms with Crippen LogP contribution in [0.5, 0.6) is 0 Å². The minimum Gasteiger partial charge on any atom is -0.318 e. The van der Waals surface area contributed by atoms with Gasteiger partial charge in [0.15, 0.2) is 0 Å². The molecule has 0 saturated carbocycles. The van der Waals surface area contributed by atoms with E-state index in [0.717, 1.165) is 13.0 Å². The number of rotatable bonds is 0. The third-order valence-electron chi connectivity index (χ3n) is 0.851. The highest BCUT2D eigenvalue weighted by Gasteiger charge is 1.93. The summed E-state index contributed by atoms with van der Waals surface area (Å²) in [4.78, 5) is 0. The van der Waals surface area contributed by atoms with E-state index in [9.17, 15) is 0 Å². The standard InChI is InChI=1S/C4H8N2.ClH/c5-6-3-1-2-4-6;/h1,3H,2,4-5H2;1H. The third-order valence-corrected chi connectivity index (χ3v) is 0.851. The molecule has 1 heterocycles. The van der Waals surface area contributed by atoms with Gasteiger partial charge in [0.05, 0.1) is 0 Å². The molecule has 0 aromatic rings. The van der Waals surface area contributed by atoms with Gasteiger partial charge >= 0.3 is 0 Å². The summed E-state index contributed by atoms with van der Waals surface area (Å²) in [6.07, 6.45) is 5.05. The first-order valence-electron chi connectivity index (χ1n) is 2.07. The second kappa shape index (κ2) is 2.88. The molecule has 2 N–H and O–H groups in total. The average Bonchev–Trinajstić information content (AvgIpc) is 1.86. The average molecular weight is 121 g/mol. The minimum atomic E-state index is 0. The summed E-state index contributed by atoms with van der Waals surface area (Å²) in [7, 11) is 0. The first kappa shape index (κ1) is 6.79. The van der Waals surface area contributed by atoms with Crippen LogP contribution in [0.15, 0.2) is 12.3 Å².